The number of nitrogens with zero attached hydrogens (tertiary/aromatic N) is 4. The zero-order valence-electron chi connectivity index (χ0n) is 16.3. The van der Waals surface area contributed by atoms with Gasteiger partial charge in [0.2, 0.25) is 0 Å². The molecule has 6 rings (SSSR count). The second-order valence-electron chi connectivity index (χ2n) is 8.65. The SMILES string of the molecule is O=c1ccc(-c2ccncc2)nn1C1CCC(NC2CN3CCC2CC3)CC1. The minimum Gasteiger partial charge on any atom is -0.310 e. The molecule has 2 bridgehead atoms. The molecule has 0 radical (unpaired) electrons. The predicted molar refractivity (Wildman–Crippen MR) is 109 cm³/mol. The third-order valence-corrected chi connectivity index (χ3v) is 6.95. The van der Waals surface area contributed by atoms with Crippen LogP contribution in [0.2, 0.25) is 0 Å². The maximum absolute atomic E-state index is 12.5. The normalized spacial score (nSPS) is 32.4. The number of nitrogens with one attached hydrogen (secondary N) is 1. The number of hydrogen-bond donors (Lipinski definition) is 1. The van der Waals surface area contributed by atoms with Crippen LogP contribution in [0.25, 0.3) is 11.3 Å². The molecule has 2 aromatic heterocycles. The first-order valence-corrected chi connectivity index (χ1v) is 10.7. The van der Waals surface area contributed by atoms with Gasteiger partial charge in [0.25, 0.3) is 5.56 Å². The van der Waals surface area contributed by atoms with Crippen LogP contribution in [0, 0.1) is 5.92 Å². The van der Waals surface area contributed by atoms with E-state index in [1.807, 2.05) is 18.2 Å². The fraction of sp³-hybridized carbons (Fsp3) is 0.591. The van der Waals surface area contributed by atoms with E-state index in [-0.39, 0.29) is 11.6 Å². The summed E-state index contributed by atoms with van der Waals surface area (Å²) in [6.45, 7) is 3.80. The zero-order valence-corrected chi connectivity index (χ0v) is 16.3. The maximum atomic E-state index is 12.5. The van der Waals surface area contributed by atoms with Crippen LogP contribution in [0.5, 0.6) is 0 Å². The largest absolute Gasteiger partial charge is 0.310 e. The van der Waals surface area contributed by atoms with Crippen molar-refractivity contribution in [2.24, 2.45) is 5.92 Å². The fourth-order valence-corrected chi connectivity index (χ4v) is 5.31. The summed E-state index contributed by atoms with van der Waals surface area (Å²) in [5.74, 6) is 0.865. The van der Waals surface area contributed by atoms with Crippen LogP contribution < -0.4 is 10.9 Å². The summed E-state index contributed by atoms with van der Waals surface area (Å²) in [5.41, 5.74) is 1.85. The minimum absolute atomic E-state index is 0.00612. The molecule has 0 amide bonds. The first kappa shape index (κ1) is 18.0. The highest BCUT2D eigenvalue weighted by Crippen LogP contribution is 2.31. The molecule has 0 aromatic carbocycles. The van der Waals surface area contributed by atoms with E-state index in [4.69, 9.17) is 0 Å². The second kappa shape index (κ2) is 7.76. The van der Waals surface area contributed by atoms with E-state index in [1.54, 1.807) is 23.1 Å². The van der Waals surface area contributed by atoms with Gasteiger partial charge in [0.15, 0.2) is 0 Å². The summed E-state index contributed by atoms with van der Waals surface area (Å²) in [7, 11) is 0. The van der Waals surface area contributed by atoms with Crippen LogP contribution in [-0.4, -0.2) is 51.4 Å². The van der Waals surface area contributed by atoms with Crippen LogP contribution in [0.3, 0.4) is 0 Å². The summed E-state index contributed by atoms with van der Waals surface area (Å²) in [6.07, 6.45) is 10.5. The van der Waals surface area contributed by atoms with Crippen molar-refractivity contribution in [3.8, 4) is 11.3 Å². The fourth-order valence-electron chi connectivity index (χ4n) is 5.31. The smallest absolute Gasteiger partial charge is 0.267 e. The highest BCUT2D eigenvalue weighted by molar-refractivity contribution is 5.57. The van der Waals surface area contributed by atoms with Crippen molar-refractivity contribution in [1.82, 2.24) is 25.0 Å². The summed E-state index contributed by atoms with van der Waals surface area (Å²) >= 11 is 0. The van der Waals surface area contributed by atoms with Crippen LogP contribution in [0.1, 0.15) is 44.6 Å². The molecule has 1 atom stereocenters. The average molecular weight is 380 g/mol. The topological polar surface area (TPSA) is 63.1 Å². The Morgan fingerprint density at radius 1 is 0.929 bits per heavy atom. The monoisotopic (exact) mass is 379 g/mol. The lowest BCUT2D eigenvalue weighted by Gasteiger charge is -2.47. The van der Waals surface area contributed by atoms with Gasteiger partial charge in [-0.15, -0.1) is 0 Å². The number of pyridine rings is 1. The molecular weight excluding hydrogens is 350 g/mol. The lowest BCUT2D eigenvalue weighted by molar-refractivity contribution is 0.0625. The van der Waals surface area contributed by atoms with Crippen molar-refractivity contribution in [1.29, 1.82) is 0 Å². The lowest BCUT2D eigenvalue weighted by atomic mass is 9.82. The maximum Gasteiger partial charge on any atom is 0.267 e. The van der Waals surface area contributed by atoms with Crippen molar-refractivity contribution in [3.63, 3.8) is 0 Å². The standard InChI is InChI=1S/C22H29N5O/c28-22-6-5-20(16-7-11-23-12-8-16)25-27(22)19-3-1-18(2-4-19)24-21-15-26-13-9-17(21)10-14-26/h5-8,11-12,17-19,21,24H,1-4,9-10,13-15H2. The third-order valence-electron chi connectivity index (χ3n) is 6.95. The highest BCUT2D eigenvalue weighted by atomic mass is 16.1. The Kier molecular flexibility index (Phi) is 4.99. The van der Waals surface area contributed by atoms with Crippen LogP contribution >= 0.6 is 0 Å². The third kappa shape index (κ3) is 3.63. The molecule has 148 valence electrons. The van der Waals surface area contributed by atoms with E-state index < -0.39 is 0 Å². The van der Waals surface area contributed by atoms with Gasteiger partial charge in [0.1, 0.15) is 0 Å². The van der Waals surface area contributed by atoms with Gasteiger partial charge in [-0.05, 0) is 75.7 Å². The van der Waals surface area contributed by atoms with Crippen molar-refractivity contribution >= 4 is 0 Å². The molecule has 1 N–H and O–H groups in total. The van der Waals surface area contributed by atoms with Crippen molar-refractivity contribution in [2.45, 2.75) is 56.7 Å². The highest BCUT2D eigenvalue weighted by Gasteiger charge is 2.35. The summed E-state index contributed by atoms with van der Waals surface area (Å²) in [4.78, 5) is 19.1. The molecule has 5 heterocycles. The molecule has 3 saturated heterocycles. The van der Waals surface area contributed by atoms with Gasteiger partial charge in [0, 0.05) is 42.7 Å². The molecule has 0 spiro atoms. The Hall–Kier alpha value is -2.05. The summed E-state index contributed by atoms with van der Waals surface area (Å²) in [6, 6.07) is 8.80. The predicted octanol–water partition coefficient (Wildman–Crippen LogP) is 2.47. The van der Waals surface area contributed by atoms with Crippen LogP contribution in [0.15, 0.2) is 41.5 Å². The Morgan fingerprint density at radius 2 is 1.68 bits per heavy atom. The van der Waals surface area contributed by atoms with Crippen molar-refractivity contribution in [2.75, 3.05) is 19.6 Å². The molecule has 2 aromatic rings. The van der Waals surface area contributed by atoms with Crippen molar-refractivity contribution in [3.05, 3.63) is 47.0 Å². The average Bonchev–Trinajstić information content (AvgIpc) is 2.76. The molecule has 1 aliphatic carbocycles. The Balaban J connectivity index is 1.24. The molecule has 3 aliphatic heterocycles. The summed E-state index contributed by atoms with van der Waals surface area (Å²) < 4.78 is 1.72. The van der Waals surface area contributed by atoms with Crippen LogP contribution in [0.4, 0.5) is 0 Å². The molecular formula is C22H29N5O. The van der Waals surface area contributed by atoms with Gasteiger partial charge in [-0.3, -0.25) is 9.78 Å². The molecule has 1 saturated carbocycles. The quantitative estimate of drug-likeness (QED) is 0.884. The van der Waals surface area contributed by atoms with Gasteiger partial charge >= 0.3 is 0 Å². The van der Waals surface area contributed by atoms with Gasteiger partial charge in [0.05, 0.1) is 11.7 Å². The second-order valence-corrected chi connectivity index (χ2v) is 8.65. The van der Waals surface area contributed by atoms with Gasteiger partial charge in [-0.1, -0.05) is 0 Å². The molecule has 6 heteroatoms. The first-order valence-electron chi connectivity index (χ1n) is 10.7. The zero-order chi connectivity index (χ0) is 18.9. The molecule has 4 aliphatic rings. The molecule has 28 heavy (non-hydrogen) atoms. The van der Waals surface area contributed by atoms with E-state index in [2.05, 4.69) is 20.3 Å². The lowest BCUT2D eigenvalue weighted by Crippen LogP contribution is -2.58. The Labute approximate surface area is 166 Å². The Morgan fingerprint density at radius 3 is 2.36 bits per heavy atom. The number of fused-ring (bicyclic) bond motifs is 3. The molecule has 4 fully saturated rings. The van der Waals surface area contributed by atoms with E-state index in [0.717, 1.165) is 42.9 Å². The Bertz CT molecular complexity index is 851. The molecule has 1 unspecified atom stereocenters. The molecule has 6 nitrogen and oxygen atoms in total. The van der Waals surface area contributed by atoms with E-state index in [0.29, 0.717) is 12.1 Å². The van der Waals surface area contributed by atoms with Crippen molar-refractivity contribution < 1.29 is 0 Å². The van der Waals surface area contributed by atoms with E-state index in [1.165, 1.54) is 32.5 Å². The van der Waals surface area contributed by atoms with E-state index >= 15 is 0 Å². The van der Waals surface area contributed by atoms with Crippen LogP contribution in [-0.2, 0) is 0 Å². The number of rotatable bonds is 4. The first-order chi connectivity index (χ1) is 13.8. The summed E-state index contributed by atoms with van der Waals surface area (Å²) in [5, 5.41) is 8.64. The van der Waals surface area contributed by atoms with Gasteiger partial charge in [-0.2, -0.15) is 5.10 Å². The van der Waals surface area contributed by atoms with Gasteiger partial charge in [-0.25, -0.2) is 4.68 Å². The van der Waals surface area contributed by atoms with E-state index in [9.17, 15) is 4.79 Å². The minimum atomic E-state index is 0.00612. The number of hydrogen-bond acceptors (Lipinski definition) is 5. The number of piperidine rings is 3. The van der Waals surface area contributed by atoms with Gasteiger partial charge < -0.3 is 10.2 Å². The number of aromatic nitrogens is 3.